The number of para-hydroxylation sites is 1. The lowest BCUT2D eigenvalue weighted by molar-refractivity contribution is -0.139. The van der Waals surface area contributed by atoms with E-state index in [1.54, 1.807) is 36.4 Å². The number of hydrogen-bond acceptors (Lipinski definition) is 5. The molecular formula is C38H36BrN3O5S. The standard InChI is InChI=1S/C38H36BrN3O5S/c1-28-13-23-35(24-14-28)48(45,46)42(32-19-21-34(22-20-32)47-33-11-7-4-8-12-33)27-37(43)41(26-30-15-17-31(39)18-16-30)36(38(44)40-2)25-29-9-5-3-6-10-29/h3-24,36H,25-27H2,1-2H3,(H,40,44)/t36-/m1/s1. The molecule has 0 spiro atoms. The maximum absolute atomic E-state index is 14.5. The molecule has 0 radical (unpaired) electrons. The molecule has 1 atom stereocenters. The predicted molar refractivity (Wildman–Crippen MR) is 191 cm³/mol. The summed E-state index contributed by atoms with van der Waals surface area (Å²) in [6.07, 6.45) is 0.235. The largest absolute Gasteiger partial charge is 0.457 e. The third-order valence-corrected chi connectivity index (χ3v) is 10.1. The van der Waals surface area contributed by atoms with Crippen molar-refractivity contribution in [1.29, 1.82) is 0 Å². The number of likely N-dealkylation sites (N-methyl/N-ethyl adjacent to an activating group) is 1. The van der Waals surface area contributed by atoms with E-state index < -0.39 is 28.5 Å². The van der Waals surface area contributed by atoms with E-state index in [4.69, 9.17) is 4.74 Å². The molecule has 0 heterocycles. The van der Waals surface area contributed by atoms with Gasteiger partial charge in [0.05, 0.1) is 10.6 Å². The first kappa shape index (κ1) is 34.4. The maximum Gasteiger partial charge on any atom is 0.264 e. The Bertz CT molecular complexity index is 1920. The SMILES string of the molecule is CNC(=O)[C@@H](Cc1ccccc1)N(Cc1ccc(Br)cc1)C(=O)CN(c1ccc(Oc2ccccc2)cc1)S(=O)(=O)c1ccc(C)cc1. The van der Waals surface area contributed by atoms with Gasteiger partial charge in [0.15, 0.2) is 0 Å². The smallest absolute Gasteiger partial charge is 0.264 e. The highest BCUT2D eigenvalue weighted by Gasteiger charge is 2.34. The number of nitrogens with one attached hydrogen (secondary N) is 1. The van der Waals surface area contributed by atoms with E-state index in [-0.39, 0.29) is 29.5 Å². The minimum absolute atomic E-state index is 0.0390. The summed E-state index contributed by atoms with van der Waals surface area (Å²) < 4.78 is 36.4. The Balaban J connectivity index is 1.54. The molecule has 0 unspecified atom stereocenters. The second kappa shape index (κ2) is 15.8. The van der Waals surface area contributed by atoms with Gasteiger partial charge in [0.25, 0.3) is 10.0 Å². The number of anilines is 1. The topological polar surface area (TPSA) is 96.0 Å². The molecule has 0 aliphatic carbocycles. The van der Waals surface area contributed by atoms with E-state index in [1.165, 1.54) is 24.1 Å². The van der Waals surface area contributed by atoms with Crippen LogP contribution >= 0.6 is 15.9 Å². The molecule has 10 heteroatoms. The van der Waals surface area contributed by atoms with Gasteiger partial charge in [-0.25, -0.2) is 8.42 Å². The summed E-state index contributed by atoms with van der Waals surface area (Å²) in [5.74, 6) is 0.234. The predicted octanol–water partition coefficient (Wildman–Crippen LogP) is 7.13. The first-order valence-corrected chi connectivity index (χ1v) is 17.6. The minimum Gasteiger partial charge on any atom is -0.457 e. The van der Waals surface area contributed by atoms with Crippen LogP contribution in [-0.4, -0.2) is 44.8 Å². The van der Waals surface area contributed by atoms with Gasteiger partial charge in [-0.2, -0.15) is 0 Å². The third kappa shape index (κ3) is 8.70. The van der Waals surface area contributed by atoms with E-state index in [1.807, 2.05) is 91.9 Å². The number of amides is 2. The summed E-state index contributed by atoms with van der Waals surface area (Å²) in [6.45, 7) is 1.40. The van der Waals surface area contributed by atoms with Gasteiger partial charge in [-0.05, 0) is 78.7 Å². The summed E-state index contributed by atoms with van der Waals surface area (Å²) in [5.41, 5.74) is 2.81. The van der Waals surface area contributed by atoms with Crippen molar-refractivity contribution >= 4 is 43.5 Å². The van der Waals surface area contributed by atoms with Gasteiger partial charge < -0.3 is 15.0 Å². The van der Waals surface area contributed by atoms with Crippen molar-refractivity contribution in [2.24, 2.45) is 0 Å². The second-order valence-corrected chi connectivity index (χ2v) is 14.0. The Morgan fingerprint density at radius 2 is 1.33 bits per heavy atom. The summed E-state index contributed by atoms with van der Waals surface area (Å²) in [4.78, 5) is 29.4. The number of ether oxygens (including phenoxy) is 1. The molecule has 0 aliphatic rings. The average molecular weight is 727 g/mol. The molecule has 5 aromatic carbocycles. The highest BCUT2D eigenvalue weighted by atomic mass is 79.9. The molecule has 0 aromatic heterocycles. The fourth-order valence-corrected chi connectivity index (χ4v) is 6.86. The molecule has 0 saturated heterocycles. The van der Waals surface area contributed by atoms with Crippen LogP contribution in [0.25, 0.3) is 0 Å². The molecule has 1 N–H and O–H groups in total. The summed E-state index contributed by atoms with van der Waals surface area (Å²) in [6, 6.07) is 38.2. The molecular weight excluding hydrogens is 690 g/mol. The molecule has 5 aromatic rings. The van der Waals surface area contributed by atoms with Crippen LogP contribution in [0.2, 0.25) is 0 Å². The molecule has 0 bridgehead atoms. The normalized spacial score (nSPS) is 11.7. The van der Waals surface area contributed by atoms with E-state index in [0.717, 1.165) is 25.5 Å². The van der Waals surface area contributed by atoms with Crippen LogP contribution in [-0.2, 0) is 32.6 Å². The average Bonchev–Trinajstić information content (AvgIpc) is 3.10. The molecule has 2 amide bonds. The highest BCUT2D eigenvalue weighted by molar-refractivity contribution is 9.10. The monoisotopic (exact) mass is 725 g/mol. The van der Waals surface area contributed by atoms with Gasteiger partial charge in [0, 0.05) is 24.5 Å². The van der Waals surface area contributed by atoms with Gasteiger partial charge in [-0.3, -0.25) is 13.9 Å². The molecule has 0 aliphatic heterocycles. The van der Waals surface area contributed by atoms with Crippen molar-refractivity contribution in [3.05, 3.63) is 155 Å². The van der Waals surface area contributed by atoms with Gasteiger partial charge >= 0.3 is 0 Å². The van der Waals surface area contributed by atoms with Crippen molar-refractivity contribution in [3.8, 4) is 11.5 Å². The lowest BCUT2D eigenvalue weighted by Crippen LogP contribution is -2.53. The Morgan fingerprint density at radius 1 is 0.750 bits per heavy atom. The van der Waals surface area contributed by atoms with Crippen LogP contribution in [0.3, 0.4) is 0 Å². The van der Waals surface area contributed by atoms with Crippen LogP contribution in [0.5, 0.6) is 11.5 Å². The number of nitrogens with zero attached hydrogens (tertiary/aromatic N) is 2. The van der Waals surface area contributed by atoms with Gasteiger partial charge in [-0.15, -0.1) is 0 Å². The lowest BCUT2D eigenvalue weighted by Gasteiger charge is -2.33. The number of sulfonamides is 1. The Morgan fingerprint density at radius 3 is 1.94 bits per heavy atom. The Hall–Kier alpha value is -4.93. The van der Waals surface area contributed by atoms with Crippen LogP contribution in [0, 0.1) is 6.92 Å². The number of carbonyl (C=O) groups is 2. The van der Waals surface area contributed by atoms with Crippen LogP contribution in [0.15, 0.2) is 143 Å². The van der Waals surface area contributed by atoms with Crippen molar-refractivity contribution in [2.75, 3.05) is 17.9 Å². The molecule has 8 nitrogen and oxygen atoms in total. The number of rotatable bonds is 13. The first-order chi connectivity index (χ1) is 23.1. The van der Waals surface area contributed by atoms with E-state index in [0.29, 0.717) is 11.5 Å². The zero-order valence-electron chi connectivity index (χ0n) is 26.6. The molecule has 246 valence electrons. The number of halogens is 1. The zero-order valence-corrected chi connectivity index (χ0v) is 29.0. The van der Waals surface area contributed by atoms with Gasteiger partial charge in [0.1, 0.15) is 24.1 Å². The van der Waals surface area contributed by atoms with Crippen molar-refractivity contribution in [2.45, 2.75) is 30.8 Å². The summed E-state index contributed by atoms with van der Waals surface area (Å²) in [5, 5.41) is 2.70. The second-order valence-electron chi connectivity index (χ2n) is 11.2. The minimum atomic E-state index is -4.22. The third-order valence-electron chi connectivity index (χ3n) is 7.78. The number of carbonyl (C=O) groups excluding carboxylic acids is 2. The summed E-state index contributed by atoms with van der Waals surface area (Å²) in [7, 11) is -2.70. The van der Waals surface area contributed by atoms with Gasteiger partial charge in [0.2, 0.25) is 11.8 Å². The quantitative estimate of drug-likeness (QED) is 0.139. The fraction of sp³-hybridized carbons (Fsp3) is 0.158. The van der Waals surface area contributed by atoms with Crippen molar-refractivity contribution in [1.82, 2.24) is 10.2 Å². The zero-order chi connectivity index (χ0) is 34.1. The first-order valence-electron chi connectivity index (χ1n) is 15.4. The van der Waals surface area contributed by atoms with Crippen LogP contribution in [0.4, 0.5) is 5.69 Å². The molecule has 0 fully saturated rings. The molecule has 0 saturated carbocycles. The van der Waals surface area contributed by atoms with E-state index >= 15 is 0 Å². The number of hydrogen-bond donors (Lipinski definition) is 1. The number of benzene rings is 5. The number of aryl methyl sites for hydroxylation is 1. The van der Waals surface area contributed by atoms with Crippen LogP contribution in [0.1, 0.15) is 16.7 Å². The van der Waals surface area contributed by atoms with E-state index in [2.05, 4.69) is 21.2 Å². The van der Waals surface area contributed by atoms with E-state index in [9.17, 15) is 18.0 Å². The van der Waals surface area contributed by atoms with Crippen molar-refractivity contribution in [3.63, 3.8) is 0 Å². The maximum atomic E-state index is 14.5. The highest BCUT2D eigenvalue weighted by Crippen LogP contribution is 2.29. The summed E-state index contributed by atoms with van der Waals surface area (Å²) >= 11 is 3.45. The molecule has 5 rings (SSSR count). The Labute approximate surface area is 290 Å². The lowest BCUT2D eigenvalue weighted by atomic mass is 10.0. The molecule has 48 heavy (non-hydrogen) atoms. The Kier molecular flexibility index (Phi) is 11.3. The van der Waals surface area contributed by atoms with Gasteiger partial charge in [-0.1, -0.05) is 94.3 Å². The van der Waals surface area contributed by atoms with Crippen molar-refractivity contribution < 1.29 is 22.7 Å². The fourth-order valence-electron chi connectivity index (χ4n) is 5.18. The van der Waals surface area contributed by atoms with Crippen LogP contribution < -0.4 is 14.4 Å².